The Morgan fingerprint density at radius 1 is 1.29 bits per heavy atom. The summed E-state index contributed by atoms with van der Waals surface area (Å²) in [6, 6.07) is 8.10. The molecular formula is C13H13ClFNO3S2. The van der Waals surface area contributed by atoms with E-state index in [9.17, 15) is 17.9 Å². The Morgan fingerprint density at radius 3 is 2.43 bits per heavy atom. The molecule has 0 aliphatic heterocycles. The molecule has 0 aliphatic rings. The van der Waals surface area contributed by atoms with E-state index in [1.54, 1.807) is 0 Å². The molecule has 114 valence electrons. The molecule has 2 aromatic rings. The van der Waals surface area contributed by atoms with Gasteiger partial charge in [-0.1, -0.05) is 23.7 Å². The second-order valence-electron chi connectivity index (χ2n) is 4.66. The van der Waals surface area contributed by atoms with Crippen LogP contribution in [0.3, 0.4) is 0 Å². The molecule has 0 fully saturated rings. The predicted octanol–water partition coefficient (Wildman–Crippen LogP) is 2.73. The quantitative estimate of drug-likeness (QED) is 0.872. The fraction of sp³-hybridized carbons (Fsp3) is 0.231. The summed E-state index contributed by atoms with van der Waals surface area (Å²) in [4.78, 5) is 0. The van der Waals surface area contributed by atoms with Gasteiger partial charge in [-0.15, -0.1) is 11.3 Å². The lowest BCUT2D eigenvalue weighted by atomic mass is 9.96. The Hall–Kier alpha value is -0.990. The molecule has 1 unspecified atom stereocenters. The van der Waals surface area contributed by atoms with Gasteiger partial charge in [0.15, 0.2) is 0 Å². The van der Waals surface area contributed by atoms with Crippen LogP contribution in [0.2, 0.25) is 4.34 Å². The van der Waals surface area contributed by atoms with Gasteiger partial charge in [-0.05, 0) is 36.8 Å². The topological polar surface area (TPSA) is 66.4 Å². The van der Waals surface area contributed by atoms with Crippen molar-refractivity contribution in [1.29, 1.82) is 0 Å². The third-order valence-corrected chi connectivity index (χ3v) is 6.01. The van der Waals surface area contributed by atoms with E-state index in [4.69, 9.17) is 11.6 Å². The van der Waals surface area contributed by atoms with Crippen molar-refractivity contribution in [2.75, 3.05) is 6.54 Å². The van der Waals surface area contributed by atoms with Crippen molar-refractivity contribution < 1.29 is 17.9 Å². The van der Waals surface area contributed by atoms with E-state index in [2.05, 4.69) is 4.72 Å². The summed E-state index contributed by atoms with van der Waals surface area (Å²) < 4.78 is 39.7. The number of benzene rings is 1. The SMILES string of the molecule is CC(O)(CNS(=O)(=O)c1ccc(Cl)s1)c1ccc(F)cc1. The van der Waals surface area contributed by atoms with Crippen LogP contribution >= 0.6 is 22.9 Å². The van der Waals surface area contributed by atoms with E-state index in [0.717, 1.165) is 11.3 Å². The number of hydrogen-bond acceptors (Lipinski definition) is 4. The summed E-state index contributed by atoms with van der Waals surface area (Å²) in [6.45, 7) is 1.21. The summed E-state index contributed by atoms with van der Waals surface area (Å²) in [6.07, 6.45) is 0. The number of hydrogen-bond donors (Lipinski definition) is 2. The van der Waals surface area contributed by atoms with Crippen LogP contribution in [0.15, 0.2) is 40.6 Å². The Bertz CT molecular complexity index is 726. The standard InChI is InChI=1S/C13H13ClFNO3S2/c1-13(17,9-2-4-10(15)5-3-9)8-16-21(18,19)12-7-6-11(14)20-12/h2-7,16-17H,8H2,1H3. The van der Waals surface area contributed by atoms with Gasteiger partial charge >= 0.3 is 0 Å². The third-order valence-electron chi connectivity index (χ3n) is 2.89. The maximum atomic E-state index is 12.9. The molecule has 0 spiro atoms. The first kappa shape index (κ1) is 16.4. The van der Waals surface area contributed by atoms with Gasteiger partial charge in [-0.2, -0.15) is 0 Å². The molecular weight excluding hydrogens is 337 g/mol. The smallest absolute Gasteiger partial charge is 0.250 e. The van der Waals surface area contributed by atoms with E-state index in [1.165, 1.54) is 43.3 Å². The first-order chi connectivity index (χ1) is 9.71. The van der Waals surface area contributed by atoms with E-state index in [-0.39, 0.29) is 10.8 Å². The second kappa shape index (κ2) is 6.02. The van der Waals surface area contributed by atoms with Crippen molar-refractivity contribution in [1.82, 2.24) is 4.72 Å². The van der Waals surface area contributed by atoms with Crippen LogP contribution in [0.5, 0.6) is 0 Å². The minimum absolute atomic E-state index is 0.0717. The Labute approximate surface area is 131 Å². The minimum Gasteiger partial charge on any atom is -0.384 e. The number of sulfonamides is 1. The highest BCUT2D eigenvalue weighted by Gasteiger charge is 2.26. The van der Waals surface area contributed by atoms with Crippen molar-refractivity contribution >= 4 is 33.0 Å². The number of halogens is 2. The van der Waals surface area contributed by atoms with Gasteiger partial charge in [0.1, 0.15) is 15.6 Å². The molecule has 1 aromatic carbocycles. The molecule has 1 aromatic heterocycles. The van der Waals surface area contributed by atoms with Crippen LogP contribution < -0.4 is 4.72 Å². The van der Waals surface area contributed by atoms with E-state index < -0.39 is 21.4 Å². The molecule has 2 N–H and O–H groups in total. The van der Waals surface area contributed by atoms with Gasteiger partial charge in [-0.25, -0.2) is 17.5 Å². The molecule has 0 saturated heterocycles. The van der Waals surface area contributed by atoms with Gasteiger partial charge in [0, 0.05) is 6.54 Å². The van der Waals surface area contributed by atoms with E-state index in [1.807, 2.05) is 0 Å². The lowest BCUT2D eigenvalue weighted by Crippen LogP contribution is -2.38. The van der Waals surface area contributed by atoms with Crippen molar-refractivity contribution in [2.45, 2.75) is 16.7 Å². The average molecular weight is 350 g/mol. The lowest BCUT2D eigenvalue weighted by Gasteiger charge is -2.24. The summed E-state index contributed by atoms with van der Waals surface area (Å²) in [5, 5.41) is 10.3. The van der Waals surface area contributed by atoms with Crippen molar-refractivity contribution in [3.63, 3.8) is 0 Å². The summed E-state index contributed by atoms with van der Waals surface area (Å²) >= 11 is 6.64. The molecule has 8 heteroatoms. The maximum Gasteiger partial charge on any atom is 0.250 e. The third kappa shape index (κ3) is 4.02. The van der Waals surface area contributed by atoms with Gasteiger partial charge in [0.2, 0.25) is 10.0 Å². The fourth-order valence-electron chi connectivity index (χ4n) is 1.66. The molecule has 1 atom stereocenters. The number of nitrogens with one attached hydrogen (secondary N) is 1. The zero-order chi connectivity index (χ0) is 15.7. The molecule has 4 nitrogen and oxygen atoms in total. The molecule has 0 bridgehead atoms. The molecule has 0 aliphatic carbocycles. The second-order valence-corrected chi connectivity index (χ2v) is 8.37. The normalized spacial score (nSPS) is 14.9. The Balaban J connectivity index is 2.12. The number of thiophene rings is 1. The summed E-state index contributed by atoms with van der Waals surface area (Å²) in [5.74, 6) is -0.427. The zero-order valence-electron chi connectivity index (χ0n) is 11.0. The van der Waals surface area contributed by atoms with Crippen LogP contribution in [-0.4, -0.2) is 20.1 Å². The first-order valence-electron chi connectivity index (χ1n) is 5.94. The zero-order valence-corrected chi connectivity index (χ0v) is 13.4. The Kier molecular flexibility index (Phi) is 4.69. The minimum atomic E-state index is -3.74. The first-order valence-corrected chi connectivity index (χ1v) is 8.62. The molecule has 21 heavy (non-hydrogen) atoms. The van der Waals surface area contributed by atoms with Crippen LogP contribution in [0.25, 0.3) is 0 Å². The van der Waals surface area contributed by atoms with Crippen LogP contribution in [0.1, 0.15) is 12.5 Å². The fourth-order valence-corrected chi connectivity index (χ4v) is 4.32. The monoisotopic (exact) mass is 349 g/mol. The van der Waals surface area contributed by atoms with E-state index >= 15 is 0 Å². The Morgan fingerprint density at radius 2 is 1.90 bits per heavy atom. The molecule has 0 radical (unpaired) electrons. The van der Waals surface area contributed by atoms with Gasteiger partial charge in [-0.3, -0.25) is 0 Å². The number of rotatable bonds is 5. The van der Waals surface area contributed by atoms with Gasteiger partial charge in [0.05, 0.1) is 4.34 Å². The van der Waals surface area contributed by atoms with Crippen molar-refractivity contribution in [3.8, 4) is 0 Å². The summed E-state index contributed by atoms with van der Waals surface area (Å²) in [5.41, 5.74) is -1.04. The van der Waals surface area contributed by atoms with E-state index in [0.29, 0.717) is 9.90 Å². The lowest BCUT2D eigenvalue weighted by molar-refractivity contribution is 0.0627. The molecule has 1 heterocycles. The molecule has 0 amide bonds. The maximum absolute atomic E-state index is 12.9. The predicted molar refractivity (Wildman–Crippen MR) is 80.5 cm³/mol. The van der Waals surface area contributed by atoms with Crippen molar-refractivity contribution in [2.24, 2.45) is 0 Å². The molecule has 2 rings (SSSR count). The van der Waals surface area contributed by atoms with Crippen molar-refractivity contribution in [3.05, 3.63) is 52.1 Å². The number of aliphatic hydroxyl groups is 1. The average Bonchev–Trinajstić information content (AvgIpc) is 2.85. The molecule has 0 saturated carbocycles. The van der Waals surface area contributed by atoms with Crippen LogP contribution in [0, 0.1) is 5.82 Å². The van der Waals surface area contributed by atoms with Gasteiger partial charge < -0.3 is 5.11 Å². The highest BCUT2D eigenvalue weighted by molar-refractivity contribution is 7.91. The van der Waals surface area contributed by atoms with Crippen LogP contribution in [0.4, 0.5) is 4.39 Å². The van der Waals surface area contributed by atoms with Crippen LogP contribution in [-0.2, 0) is 15.6 Å². The largest absolute Gasteiger partial charge is 0.384 e. The highest BCUT2D eigenvalue weighted by atomic mass is 35.5. The highest BCUT2D eigenvalue weighted by Crippen LogP contribution is 2.26. The summed E-state index contributed by atoms with van der Waals surface area (Å²) in [7, 11) is -3.74. The van der Waals surface area contributed by atoms with Gasteiger partial charge in [0.25, 0.3) is 0 Å².